The fraction of sp³-hybridized carbons (Fsp3) is 0.235. The van der Waals surface area contributed by atoms with Crippen LogP contribution in [0.1, 0.15) is 21.5 Å². The Morgan fingerprint density at radius 1 is 1.19 bits per heavy atom. The molecule has 0 spiro atoms. The quantitative estimate of drug-likeness (QED) is 0.941. The average Bonchev–Trinajstić information content (AvgIpc) is 2.69. The Hall–Kier alpha value is -2.33. The Morgan fingerprint density at radius 3 is 2.76 bits per heavy atom. The first-order valence-corrected chi connectivity index (χ1v) is 6.98. The van der Waals surface area contributed by atoms with Crippen molar-refractivity contribution in [3.63, 3.8) is 0 Å². The Balaban J connectivity index is 1.81. The van der Waals surface area contributed by atoms with E-state index < -0.39 is 5.97 Å². The highest BCUT2D eigenvalue weighted by Gasteiger charge is 2.17. The molecule has 0 amide bonds. The molecule has 108 valence electrons. The average molecular weight is 283 g/mol. The van der Waals surface area contributed by atoms with Crippen molar-refractivity contribution >= 4 is 5.97 Å². The van der Waals surface area contributed by atoms with E-state index in [1.54, 1.807) is 18.2 Å². The molecule has 0 radical (unpaired) electrons. The molecule has 0 bridgehead atoms. The second-order valence-electron chi connectivity index (χ2n) is 5.17. The molecule has 1 heterocycles. The van der Waals surface area contributed by atoms with Gasteiger partial charge in [-0.2, -0.15) is 0 Å². The van der Waals surface area contributed by atoms with Crippen LogP contribution in [0.4, 0.5) is 0 Å². The third kappa shape index (κ3) is 3.23. The molecule has 2 aromatic rings. The first kappa shape index (κ1) is 13.6. The van der Waals surface area contributed by atoms with E-state index in [2.05, 4.69) is 17.0 Å². The minimum absolute atomic E-state index is 0.305. The smallest absolute Gasteiger partial charge is 0.335 e. The van der Waals surface area contributed by atoms with Crippen LogP contribution in [0.5, 0.6) is 5.75 Å². The van der Waals surface area contributed by atoms with Crippen LogP contribution in [-0.4, -0.2) is 29.1 Å². The standard InChI is InChI=1S/C17H17NO3/c19-17(20)14-6-7-16-15(10-14)12-18(8-9-21-16)11-13-4-2-1-3-5-13/h1-7,10H,8-9,11-12H2,(H,19,20). The van der Waals surface area contributed by atoms with Gasteiger partial charge in [-0.25, -0.2) is 4.79 Å². The molecule has 1 N–H and O–H groups in total. The third-order valence-corrected chi connectivity index (χ3v) is 3.62. The van der Waals surface area contributed by atoms with Gasteiger partial charge in [0.25, 0.3) is 0 Å². The SMILES string of the molecule is O=C(O)c1ccc2c(c1)CN(Cc1ccccc1)CCO2. The lowest BCUT2D eigenvalue weighted by molar-refractivity contribution is 0.0696. The molecule has 0 atom stereocenters. The molecule has 3 rings (SSSR count). The van der Waals surface area contributed by atoms with Crippen LogP contribution in [0, 0.1) is 0 Å². The first-order valence-electron chi connectivity index (χ1n) is 6.98. The zero-order chi connectivity index (χ0) is 14.7. The third-order valence-electron chi connectivity index (χ3n) is 3.62. The number of ether oxygens (including phenoxy) is 1. The van der Waals surface area contributed by atoms with Crippen LogP contribution in [0.3, 0.4) is 0 Å². The monoisotopic (exact) mass is 283 g/mol. The molecule has 4 heteroatoms. The van der Waals surface area contributed by atoms with Gasteiger partial charge in [0.2, 0.25) is 0 Å². The summed E-state index contributed by atoms with van der Waals surface area (Å²) in [5, 5.41) is 9.10. The summed E-state index contributed by atoms with van der Waals surface area (Å²) in [7, 11) is 0. The van der Waals surface area contributed by atoms with Crippen molar-refractivity contribution < 1.29 is 14.6 Å². The molecule has 21 heavy (non-hydrogen) atoms. The van der Waals surface area contributed by atoms with Gasteiger partial charge in [-0.3, -0.25) is 4.90 Å². The highest BCUT2D eigenvalue weighted by molar-refractivity contribution is 5.88. The van der Waals surface area contributed by atoms with E-state index in [1.165, 1.54) is 5.56 Å². The van der Waals surface area contributed by atoms with Crippen molar-refractivity contribution in [3.8, 4) is 5.75 Å². The van der Waals surface area contributed by atoms with Gasteiger partial charge in [0.15, 0.2) is 0 Å². The van der Waals surface area contributed by atoms with Gasteiger partial charge in [0.05, 0.1) is 5.56 Å². The Kier molecular flexibility index (Phi) is 3.88. The second-order valence-corrected chi connectivity index (χ2v) is 5.17. The number of hydrogen-bond donors (Lipinski definition) is 1. The Morgan fingerprint density at radius 2 is 2.00 bits per heavy atom. The highest BCUT2D eigenvalue weighted by Crippen LogP contribution is 2.25. The normalized spacial score (nSPS) is 14.9. The summed E-state index contributed by atoms with van der Waals surface area (Å²) in [5.74, 6) is -0.118. The number of rotatable bonds is 3. The second kappa shape index (κ2) is 5.97. The topological polar surface area (TPSA) is 49.8 Å². The molecule has 1 aliphatic rings. The summed E-state index contributed by atoms with van der Waals surface area (Å²) in [4.78, 5) is 13.4. The number of hydrogen-bond acceptors (Lipinski definition) is 3. The number of carbonyl (C=O) groups is 1. The van der Waals surface area contributed by atoms with Crippen LogP contribution >= 0.6 is 0 Å². The lowest BCUT2D eigenvalue weighted by Gasteiger charge is -2.19. The maximum atomic E-state index is 11.1. The largest absolute Gasteiger partial charge is 0.492 e. The predicted octanol–water partition coefficient (Wildman–Crippen LogP) is 2.78. The summed E-state index contributed by atoms with van der Waals surface area (Å²) < 4.78 is 5.72. The van der Waals surface area contributed by atoms with Crippen LogP contribution in [0.15, 0.2) is 48.5 Å². The van der Waals surface area contributed by atoms with Gasteiger partial charge in [-0.15, -0.1) is 0 Å². The fourth-order valence-corrected chi connectivity index (χ4v) is 2.56. The van der Waals surface area contributed by atoms with Crippen molar-refractivity contribution in [2.24, 2.45) is 0 Å². The van der Waals surface area contributed by atoms with Gasteiger partial charge in [-0.05, 0) is 23.8 Å². The maximum absolute atomic E-state index is 11.1. The van der Waals surface area contributed by atoms with E-state index in [0.717, 1.165) is 24.4 Å². The zero-order valence-corrected chi connectivity index (χ0v) is 11.7. The van der Waals surface area contributed by atoms with Crippen LogP contribution in [0.2, 0.25) is 0 Å². The van der Waals surface area contributed by atoms with E-state index in [0.29, 0.717) is 18.7 Å². The summed E-state index contributed by atoms with van der Waals surface area (Å²) in [6.07, 6.45) is 0. The van der Waals surface area contributed by atoms with E-state index in [-0.39, 0.29) is 0 Å². The van der Waals surface area contributed by atoms with E-state index in [1.807, 2.05) is 18.2 Å². The number of nitrogens with zero attached hydrogens (tertiary/aromatic N) is 1. The summed E-state index contributed by atoms with van der Waals surface area (Å²) in [6.45, 7) is 2.98. The van der Waals surface area contributed by atoms with E-state index in [9.17, 15) is 4.79 Å². The molecule has 0 fully saturated rings. The number of benzene rings is 2. The van der Waals surface area contributed by atoms with E-state index >= 15 is 0 Å². The van der Waals surface area contributed by atoms with Crippen molar-refractivity contribution in [3.05, 3.63) is 65.2 Å². The molecule has 0 aliphatic carbocycles. The zero-order valence-electron chi connectivity index (χ0n) is 11.7. The first-order chi connectivity index (χ1) is 10.2. The van der Waals surface area contributed by atoms with Gasteiger partial charge >= 0.3 is 5.97 Å². The maximum Gasteiger partial charge on any atom is 0.335 e. The molecule has 1 aliphatic heterocycles. The summed E-state index contributed by atoms with van der Waals surface area (Å²) in [5.41, 5.74) is 2.48. The Labute approximate surface area is 123 Å². The van der Waals surface area contributed by atoms with Crippen LogP contribution in [-0.2, 0) is 13.1 Å². The van der Waals surface area contributed by atoms with Gasteiger partial charge in [0, 0.05) is 25.2 Å². The van der Waals surface area contributed by atoms with Crippen LogP contribution in [0.25, 0.3) is 0 Å². The molecule has 0 saturated carbocycles. The summed E-state index contributed by atoms with van der Waals surface area (Å²) >= 11 is 0. The number of fused-ring (bicyclic) bond motifs is 1. The number of carboxylic acid groups (broad SMARTS) is 1. The van der Waals surface area contributed by atoms with E-state index in [4.69, 9.17) is 9.84 Å². The lowest BCUT2D eigenvalue weighted by Crippen LogP contribution is -2.25. The van der Waals surface area contributed by atoms with Gasteiger partial charge in [-0.1, -0.05) is 30.3 Å². The molecule has 0 aromatic heterocycles. The lowest BCUT2D eigenvalue weighted by atomic mass is 10.1. The number of carboxylic acids is 1. The van der Waals surface area contributed by atoms with Crippen molar-refractivity contribution in [2.75, 3.05) is 13.2 Å². The molecular weight excluding hydrogens is 266 g/mol. The minimum Gasteiger partial charge on any atom is -0.492 e. The minimum atomic E-state index is -0.906. The fourth-order valence-electron chi connectivity index (χ4n) is 2.56. The number of aromatic carboxylic acids is 1. The Bertz CT molecular complexity index is 640. The molecule has 0 unspecified atom stereocenters. The van der Waals surface area contributed by atoms with Crippen LogP contribution < -0.4 is 4.74 Å². The molecule has 2 aromatic carbocycles. The highest BCUT2D eigenvalue weighted by atomic mass is 16.5. The molecular formula is C17H17NO3. The summed E-state index contributed by atoms with van der Waals surface area (Å²) in [6, 6.07) is 15.3. The van der Waals surface area contributed by atoms with Crippen molar-refractivity contribution in [1.29, 1.82) is 0 Å². The van der Waals surface area contributed by atoms with Gasteiger partial charge < -0.3 is 9.84 Å². The van der Waals surface area contributed by atoms with Gasteiger partial charge in [0.1, 0.15) is 12.4 Å². The predicted molar refractivity (Wildman–Crippen MR) is 79.5 cm³/mol. The van der Waals surface area contributed by atoms with Crippen molar-refractivity contribution in [1.82, 2.24) is 4.90 Å². The van der Waals surface area contributed by atoms with Crippen molar-refractivity contribution in [2.45, 2.75) is 13.1 Å². The molecule has 4 nitrogen and oxygen atoms in total. The molecule has 0 saturated heterocycles.